The Morgan fingerprint density at radius 2 is 1.19 bits per heavy atom. The molecule has 6 heteroatoms. The molecule has 4 aromatic rings. The molecule has 1 N–H and O–H groups in total. The topological polar surface area (TPSA) is 65.0 Å². The van der Waals surface area contributed by atoms with Crippen LogP contribution in [0.15, 0.2) is 133 Å². The van der Waals surface area contributed by atoms with E-state index in [0.29, 0.717) is 0 Å². The van der Waals surface area contributed by atoms with Gasteiger partial charge in [0.1, 0.15) is 17.8 Å². The fourth-order valence-electron chi connectivity index (χ4n) is 4.52. The molecule has 188 valence electrons. The Bertz CT molecular complexity index is 1250. The van der Waals surface area contributed by atoms with E-state index >= 15 is 0 Å². The van der Waals surface area contributed by atoms with Crippen molar-refractivity contribution in [1.29, 1.82) is 0 Å². The van der Waals surface area contributed by atoms with Gasteiger partial charge < -0.3 is 14.4 Å². The van der Waals surface area contributed by atoms with Crippen molar-refractivity contribution >= 4 is 7.60 Å². The van der Waals surface area contributed by atoms with Gasteiger partial charge >= 0.3 is 7.60 Å². The van der Waals surface area contributed by atoms with Crippen LogP contribution in [0.4, 0.5) is 0 Å². The maximum atomic E-state index is 13.4. The van der Waals surface area contributed by atoms with Crippen LogP contribution >= 0.6 is 7.60 Å². The van der Waals surface area contributed by atoms with Crippen LogP contribution in [0.5, 0.6) is 0 Å². The third-order valence-corrected chi connectivity index (χ3v) is 7.98. The largest absolute Gasteiger partial charge is 0.386 e. The Morgan fingerprint density at radius 1 is 0.730 bits per heavy atom. The molecule has 0 amide bonds. The molecular weight excluding hydrogens is 483 g/mol. The van der Waals surface area contributed by atoms with Crippen molar-refractivity contribution in [2.24, 2.45) is 0 Å². The Morgan fingerprint density at radius 3 is 1.68 bits per heavy atom. The van der Waals surface area contributed by atoms with E-state index in [1.165, 1.54) is 11.9 Å². The maximum Gasteiger partial charge on any atom is 0.354 e. The van der Waals surface area contributed by atoms with Gasteiger partial charge in [-0.05, 0) is 28.3 Å². The van der Waals surface area contributed by atoms with Crippen LogP contribution in [0.1, 0.15) is 22.3 Å². The van der Waals surface area contributed by atoms with Crippen LogP contribution < -0.4 is 0 Å². The summed E-state index contributed by atoms with van der Waals surface area (Å²) >= 11 is 0. The monoisotopic (exact) mass is 512 g/mol. The summed E-state index contributed by atoms with van der Waals surface area (Å²) in [7, 11) is -3.59. The average Bonchev–Trinajstić information content (AvgIpc) is 2.97. The van der Waals surface area contributed by atoms with E-state index in [-0.39, 0.29) is 13.2 Å². The van der Waals surface area contributed by atoms with E-state index in [1.807, 2.05) is 121 Å². The van der Waals surface area contributed by atoms with Gasteiger partial charge in [0.05, 0.1) is 13.2 Å². The van der Waals surface area contributed by atoms with Gasteiger partial charge in [0.2, 0.25) is 0 Å². The minimum atomic E-state index is -3.59. The van der Waals surface area contributed by atoms with E-state index < -0.39 is 25.4 Å². The smallest absolute Gasteiger partial charge is 0.354 e. The molecule has 3 atom stereocenters. The van der Waals surface area contributed by atoms with Gasteiger partial charge in [-0.15, -0.1) is 0 Å². The van der Waals surface area contributed by atoms with Gasteiger partial charge in [0.15, 0.2) is 0 Å². The highest BCUT2D eigenvalue weighted by Crippen LogP contribution is 2.54. The van der Waals surface area contributed by atoms with Gasteiger partial charge in [-0.1, -0.05) is 121 Å². The van der Waals surface area contributed by atoms with Crippen molar-refractivity contribution in [3.8, 4) is 0 Å². The van der Waals surface area contributed by atoms with Crippen LogP contribution in [0.25, 0.3) is 0 Å². The first-order valence-corrected chi connectivity index (χ1v) is 13.8. The summed E-state index contributed by atoms with van der Waals surface area (Å²) in [5.41, 5.74) is 2.68. The minimum absolute atomic E-state index is 0.0249. The van der Waals surface area contributed by atoms with Crippen LogP contribution in [0, 0.1) is 0 Å². The predicted octanol–water partition coefficient (Wildman–Crippen LogP) is 6.68. The fourth-order valence-corrected chi connectivity index (χ4v) is 6.02. The molecular formula is C31H29O5P. The second-order valence-corrected chi connectivity index (χ2v) is 10.7. The number of hydrogen-bond donors (Lipinski definition) is 1. The van der Waals surface area contributed by atoms with Crippen molar-refractivity contribution in [3.05, 3.63) is 155 Å². The Labute approximate surface area is 217 Å². The SMILES string of the molecule is O=[P@]1(OCc2ccccc2)C=C[C@@H](O)[C@@H](COC(c2ccccc2)(c2ccccc2)c2ccccc2)O1. The lowest BCUT2D eigenvalue weighted by Crippen LogP contribution is -2.40. The first kappa shape index (κ1) is 25.3. The summed E-state index contributed by atoms with van der Waals surface area (Å²) in [6.07, 6.45) is -0.414. The molecule has 5 nitrogen and oxygen atoms in total. The van der Waals surface area contributed by atoms with E-state index in [9.17, 15) is 9.67 Å². The highest BCUT2D eigenvalue weighted by molar-refractivity contribution is 7.57. The molecule has 0 saturated heterocycles. The van der Waals surface area contributed by atoms with E-state index in [0.717, 1.165) is 22.3 Å². The fraction of sp³-hybridized carbons (Fsp3) is 0.161. The molecule has 0 aliphatic carbocycles. The molecule has 0 aromatic heterocycles. The molecule has 0 unspecified atom stereocenters. The van der Waals surface area contributed by atoms with E-state index in [2.05, 4.69) is 0 Å². The van der Waals surface area contributed by atoms with Crippen LogP contribution in [-0.2, 0) is 30.6 Å². The molecule has 1 heterocycles. The van der Waals surface area contributed by atoms with Crippen molar-refractivity contribution in [3.63, 3.8) is 0 Å². The molecule has 1 aliphatic heterocycles. The van der Waals surface area contributed by atoms with E-state index in [1.54, 1.807) is 0 Å². The molecule has 4 aromatic carbocycles. The minimum Gasteiger partial charge on any atom is -0.386 e. The molecule has 0 saturated carbocycles. The third kappa shape index (κ3) is 5.67. The third-order valence-electron chi connectivity index (χ3n) is 6.39. The summed E-state index contributed by atoms with van der Waals surface area (Å²) < 4.78 is 31.7. The zero-order valence-electron chi connectivity index (χ0n) is 20.3. The molecule has 1 aliphatic rings. The summed E-state index contributed by atoms with van der Waals surface area (Å²) in [5.74, 6) is 1.33. The summed E-state index contributed by atoms with van der Waals surface area (Å²) in [6.45, 7) is 0.108. The van der Waals surface area contributed by atoms with Crippen LogP contribution in [0.2, 0.25) is 0 Å². The van der Waals surface area contributed by atoms with Gasteiger partial charge in [-0.2, -0.15) is 0 Å². The summed E-state index contributed by atoms with van der Waals surface area (Å²) in [4.78, 5) is 0. The second kappa shape index (κ2) is 11.4. The molecule has 5 rings (SSSR count). The number of ether oxygens (including phenoxy) is 1. The number of aliphatic hydroxyl groups excluding tert-OH is 1. The summed E-state index contributed by atoms with van der Waals surface area (Å²) in [6, 6.07) is 39.3. The van der Waals surface area contributed by atoms with Crippen molar-refractivity contribution in [1.82, 2.24) is 0 Å². The quantitative estimate of drug-likeness (QED) is 0.200. The number of aliphatic hydroxyl groups is 1. The summed E-state index contributed by atoms with van der Waals surface area (Å²) in [5, 5.41) is 10.7. The van der Waals surface area contributed by atoms with Crippen molar-refractivity contribution in [2.45, 2.75) is 24.4 Å². The average molecular weight is 513 g/mol. The zero-order valence-corrected chi connectivity index (χ0v) is 21.2. The lowest BCUT2D eigenvalue weighted by molar-refractivity contribution is -0.0634. The van der Waals surface area contributed by atoms with Gasteiger partial charge in [0, 0.05) is 5.82 Å². The predicted molar refractivity (Wildman–Crippen MR) is 144 cm³/mol. The van der Waals surface area contributed by atoms with Gasteiger partial charge in [0.25, 0.3) is 0 Å². The highest BCUT2D eigenvalue weighted by atomic mass is 31.2. The van der Waals surface area contributed by atoms with E-state index in [4.69, 9.17) is 13.8 Å². The molecule has 0 radical (unpaired) electrons. The number of rotatable bonds is 9. The highest BCUT2D eigenvalue weighted by Gasteiger charge is 2.41. The lowest BCUT2D eigenvalue weighted by Gasteiger charge is -2.38. The Hall–Kier alpha value is -3.31. The van der Waals surface area contributed by atoms with Crippen molar-refractivity contribution in [2.75, 3.05) is 6.61 Å². The number of benzene rings is 4. The van der Waals surface area contributed by atoms with Crippen molar-refractivity contribution < 1.29 is 23.5 Å². The molecule has 0 bridgehead atoms. The first-order valence-electron chi connectivity index (χ1n) is 12.2. The molecule has 0 fully saturated rings. The second-order valence-electron chi connectivity index (χ2n) is 8.87. The molecule has 0 spiro atoms. The van der Waals surface area contributed by atoms with Crippen LogP contribution in [-0.4, -0.2) is 23.9 Å². The van der Waals surface area contributed by atoms with Gasteiger partial charge in [-0.3, -0.25) is 9.09 Å². The maximum absolute atomic E-state index is 13.4. The standard InChI is InChI=1S/C31H29O5P/c32-29-21-22-37(33,35-23-25-13-5-1-6-14-25)36-30(29)24-34-31(26-15-7-2-8-16-26,27-17-9-3-10-18-27)28-19-11-4-12-20-28/h1-22,29-30,32H,23-24H2/t29-,30-,37+/m1/s1. The lowest BCUT2D eigenvalue weighted by atomic mass is 9.80. The zero-order chi connectivity index (χ0) is 25.6. The molecule has 37 heavy (non-hydrogen) atoms. The first-order chi connectivity index (χ1) is 18.1. The Balaban J connectivity index is 1.45. The van der Waals surface area contributed by atoms with Crippen LogP contribution in [0.3, 0.4) is 0 Å². The normalized spacial score (nSPS) is 21.5. The Kier molecular flexibility index (Phi) is 7.80. The number of hydrogen-bond acceptors (Lipinski definition) is 5. The van der Waals surface area contributed by atoms with Gasteiger partial charge in [-0.25, -0.2) is 0 Å².